The summed E-state index contributed by atoms with van der Waals surface area (Å²) in [4.78, 5) is 29.6. The smallest absolute Gasteiger partial charge is 0.305 e. The molecule has 0 fully saturated rings. The summed E-state index contributed by atoms with van der Waals surface area (Å²) in [7, 11) is 1.40. The molecule has 0 aliphatic carbocycles. The van der Waals surface area contributed by atoms with Crippen molar-refractivity contribution in [3.05, 3.63) is 64.7 Å². The number of benzene rings is 2. The second kappa shape index (κ2) is 10.7. The third-order valence-corrected chi connectivity index (χ3v) is 5.31. The molecular formula is C24H30N4O3. The highest BCUT2D eigenvalue weighted by molar-refractivity contribution is 5.91. The summed E-state index contributed by atoms with van der Waals surface area (Å²) in [5, 5.41) is 3.92. The van der Waals surface area contributed by atoms with Crippen molar-refractivity contribution in [1.29, 1.82) is 0 Å². The van der Waals surface area contributed by atoms with Crippen LogP contribution in [-0.4, -0.2) is 29.2 Å². The highest BCUT2D eigenvalue weighted by atomic mass is 16.5. The lowest BCUT2D eigenvalue weighted by molar-refractivity contribution is -0.140. The molecule has 0 aliphatic rings. The van der Waals surface area contributed by atoms with Crippen LogP contribution in [0.4, 0.5) is 5.69 Å². The van der Waals surface area contributed by atoms with E-state index in [1.165, 1.54) is 7.11 Å². The minimum atomic E-state index is -0.344. The summed E-state index contributed by atoms with van der Waals surface area (Å²) in [6.45, 7) is 2.68. The van der Waals surface area contributed by atoms with E-state index in [0.717, 1.165) is 30.6 Å². The van der Waals surface area contributed by atoms with Gasteiger partial charge in [-0.05, 0) is 43.5 Å². The van der Waals surface area contributed by atoms with Crippen molar-refractivity contribution in [3.8, 4) is 5.69 Å². The Morgan fingerprint density at radius 1 is 1.13 bits per heavy atom. The number of nitrogens with zero attached hydrogens (tertiary/aromatic N) is 2. The fourth-order valence-corrected chi connectivity index (χ4v) is 3.55. The van der Waals surface area contributed by atoms with Gasteiger partial charge in [-0.25, -0.2) is 4.98 Å². The van der Waals surface area contributed by atoms with Gasteiger partial charge in [0.25, 0.3) is 5.56 Å². The van der Waals surface area contributed by atoms with Crippen LogP contribution in [0, 0.1) is 0 Å². The van der Waals surface area contributed by atoms with Gasteiger partial charge in [-0.2, -0.15) is 0 Å². The Balaban J connectivity index is 1.91. The number of hydrogen-bond acceptors (Lipinski definition) is 6. The van der Waals surface area contributed by atoms with Crippen LogP contribution in [-0.2, 0) is 9.53 Å². The fourth-order valence-electron chi connectivity index (χ4n) is 3.55. The molecule has 1 atom stereocenters. The molecule has 164 valence electrons. The van der Waals surface area contributed by atoms with E-state index in [2.05, 4.69) is 10.1 Å². The number of aromatic nitrogens is 2. The molecule has 1 aromatic heterocycles. The van der Waals surface area contributed by atoms with Crippen molar-refractivity contribution in [1.82, 2.24) is 9.55 Å². The SMILES string of the molecule is CC[C@H](N)c1nc2cccc(NCCCCCC(=O)OC)c2c(=O)n1-c1ccccc1. The Morgan fingerprint density at radius 2 is 1.90 bits per heavy atom. The fraction of sp³-hybridized carbons (Fsp3) is 0.375. The zero-order chi connectivity index (χ0) is 22.2. The van der Waals surface area contributed by atoms with Crippen LogP contribution in [0.2, 0.25) is 0 Å². The van der Waals surface area contributed by atoms with Crippen LogP contribution >= 0.6 is 0 Å². The molecule has 3 aromatic rings. The number of methoxy groups -OCH3 is 1. The number of unbranched alkanes of at least 4 members (excludes halogenated alkanes) is 2. The lowest BCUT2D eigenvalue weighted by atomic mass is 10.1. The van der Waals surface area contributed by atoms with Crippen molar-refractivity contribution < 1.29 is 9.53 Å². The maximum Gasteiger partial charge on any atom is 0.305 e. The standard InChI is InChI=1S/C24H30N4O3/c1-3-18(25)23-27-20-14-10-13-19(26-16-9-5-8-15-21(29)31-2)22(20)24(30)28(23)17-11-6-4-7-12-17/h4,6-7,10-14,18,26H,3,5,8-9,15-16,25H2,1-2H3/t18-/m0/s1. The third-order valence-electron chi connectivity index (χ3n) is 5.31. The van der Waals surface area contributed by atoms with E-state index in [1.54, 1.807) is 4.57 Å². The third kappa shape index (κ3) is 5.30. The summed E-state index contributed by atoms with van der Waals surface area (Å²) in [6.07, 6.45) is 3.66. The molecule has 1 heterocycles. The first-order valence-corrected chi connectivity index (χ1v) is 10.7. The summed E-state index contributed by atoms with van der Waals surface area (Å²) < 4.78 is 6.29. The predicted octanol–water partition coefficient (Wildman–Crippen LogP) is 3.94. The average molecular weight is 423 g/mol. The largest absolute Gasteiger partial charge is 0.469 e. The van der Waals surface area contributed by atoms with E-state index in [9.17, 15) is 9.59 Å². The molecule has 7 nitrogen and oxygen atoms in total. The van der Waals surface area contributed by atoms with Crippen LogP contribution in [0.5, 0.6) is 0 Å². The van der Waals surface area contributed by atoms with E-state index >= 15 is 0 Å². The van der Waals surface area contributed by atoms with Crippen LogP contribution in [0.1, 0.15) is 50.9 Å². The number of para-hydroxylation sites is 1. The van der Waals surface area contributed by atoms with E-state index in [4.69, 9.17) is 10.7 Å². The number of esters is 1. The van der Waals surface area contributed by atoms with Crippen LogP contribution in [0.3, 0.4) is 0 Å². The van der Waals surface area contributed by atoms with Gasteiger partial charge in [0.15, 0.2) is 0 Å². The monoisotopic (exact) mass is 422 g/mol. The number of fused-ring (bicyclic) bond motifs is 1. The molecule has 7 heteroatoms. The molecule has 31 heavy (non-hydrogen) atoms. The number of hydrogen-bond donors (Lipinski definition) is 2. The normalized spacial score (nSPS) is 12.0. The predicted molar refractivity (Wildman–Crippen MR) is 124 cm³/mol. The van der Waals surface area contributed by atoms with E-state index in [0.29, 0.717) is 36.1 Å². The van der Waals surface area contributed by atoms with Gasteiger partial charge in [-0.15, -0.1) is 0 Å². The van der Waals surface area contributed by atoms with Gasteiger partial charge in [0.05, 0.1) is 29.7 Å². The lowest BCUT2D eigenvalue weighted by Crippen LogP contribution is -2.28. The number of rotatable bonds is 10. The first-order valence-electron chi connectivity index (χ1n) is 10.7. The van der Waals surface area contributed by atoms with Gasteiger partial charge in [-0.1, -0.05) is 37.6 Å². The maximum absolute atomic E-state index is 13.6. The van der Waals surface area contributed by atoms with Crippen molar-refractivity contribution >= 4 is 22.6 Å². The summed E-state index contributed by atoms with van der Waals surface area (Å²) in [6, 6.07) is 14.8. The van der Waals surface area contributed by atoms with E-state index in [-0.39, 0.29) is 17.6 Å². The number of ether oxygens (including phenoxy) is 1. The van der Waals surface area contributed by atoms with Crippen molar-refractivity contribution in [2.75, 3.05) is 19.0 Å². The number of carbonyl (C=O) groups is 1. The average Bonchev–Trinajstić information content (AvgIpc) is 2.80. The van der Waals surface area contributed by atoms with Gasteiger partial charge in [0.2, 0.25) is 0 Å². The maximum atomic E-state index is 13.6. The van der Waals surface area contributed by atoms with Crippen molar-refractivity contribution in [3.63, 3.8) is 0 Å². The highest BCUT2D eigenvalue weighted by Crippen LogP contribution is 2.23. The Morgan fingerprint density at radius 3 is 2.61 bits per heavy atom. The van der Waals surface area contributed by atoms with Gasteiger partial charge in [0.1, 0.15) is 5.82 Å². The van der Waals surface area contributed by atoms with Crippen LogP contribution < -0.4 is 16.6 Å². The topological polar surface area (TPSA) is 99.2 Å². The quantitative estimate of drug-likeness (QED) is 0.379. The molecular weight excluding hydrogens is 392 g/mol. The summed E-state index contributed by atoms with van der Waals surface area (Å²) in [5.41, 5.74) is 8.32. The molecule has 2 aromatic carbocycles. The van der Waals surface area contributed by atoms with Gasteiger partial charge in [0, 0.05) is 18.7 Å². The van der Waals surface area contributed by atoms with Crippen molar-refractivity contribution in [2.24, 2.45) is 5.73 Å². The molecule has 0 radical (unpaired) electrons. The summed E-state index contributed by atoms with van der Waals surface area (Å²) >= 11 is 0. The Hall–Kier alpha value is -3.19. The molecule has 0 saturated heterocycles. The minimum absolute atomic E-state index is 0.135. The van der Waals surface area contributed by atoms with E-state index in [1.807, 2.05) is 55.5 Å². The Kier molecular flexibility index (Phi) is 7.78. The molecule has 0 saturated carbocycles. The molecule has 0 bridgehead atoms. The Labute approximate surface area is 182 Å². The molecule has 0 spiro atoms. The van der Waals surface area contributed by atoms with Crippen molar-refractivity contribution in [2.45, 2.75) is 45.1 Å². The number of anilines is 1. The molecule has 0 aliphatic heterocycles. The van der Waals surface area contributed by atoms with Gasteiger partial charge in [-0.3, -0.25) is 14.2 Å². The zero-order valence-corrected chi connectivity index (χ0v) is 18.1. The molecule has 3 rings (SSSR count). The molecule has 0 amide bonds. The second-order valence-electron chi connectivity index (χ2n) is 7.47. The number of nitrogens with one attached hydrogen (secondary N) is 1. The Bertz CT molecular complexity index is 1080. The first-order chi connectivity index (χ1) is 15.1. The minimum Gasteiger partial charge on any atom is -0.469 e. The van der Waals surface area contributed by atoms with Crippen LogP contribution in [0.25, 0.3) is 16.6 Å². The summed E-state index contributed by atoms with van der Waals surface area (Å²) in [5.74, 6) is 0.377. The number of carbonyl (C=O) groups excluding carboxylic acids is 1. The van der Waals surface area contributed by atoms with E-state index < -0.39 is 0 Å². The van der Waals surface area contributed by atoms with Crippen LogP contribution in [0.15, 0.2) is 53.3 Å². The van der Waals surface area contributed by atoms with Gasteiger partial charge >= 0.3 is 5.97 Å². The zero-order valence-electron chi connectivity index (χ0n) is 18.1. The lowest BCUT2D eigenvalue weighted by Gasteiger charge is -2.19. The second-order valence-corrected chi connectivity index (χ2v) is 7.47. The van der Waals surface area contributed by atoms with Gasteiger partial charge < -0.3 is 15.8 Å². The highest BCUT2D eigenvalue weighted by Gasteiger charge is 2.18. The molecule has 0 unspecified atom stereocenters. The first kappa shape index (κ1) is 22.5. The molecule has 3 N–H and O–H groups in total. The number of nitrogens with two attached hydrogens (primary N) is 1.